The summed E-state index contributed by atoms with van der Waals surface area (Å²) in [7, 11) is 0. The largest absolute Gasteiger partial charge is 0.494 e. The molecule has 0 radical (unpaired) electrons. The third kappa shape index (κ3) is 6.30. The lowest BCUT2D eigenvalue weighted by molar-refractivity contribution is -0.129. The van der Waals surface area contributed by atoms with E-state index in [2.05, 4.69) is 23.0 Å². The van der Waals surface area contributed by atoms with E-state index in [4.69, 9.17) is 19.6 Å². The number of benzene rings is 3. The Morgan fingerprint density at radius 2 is 1.67 bits per heavy atom. The SMILES string of the molecule is C[C@@H]1OC(c2ccc(OCCCO)cc2)=N[C@]1(Cc1ccccc1)C(=O)NNCCc1ccccc1. The third-order valence-corrected chi connectivity index (χ3v) is 6.23. The van der Waals surface area contributed by atoms with Crippen LogP contribution in [0.3, 0.4) is 0 Å². The van der Waals surface area contributed by atoms with Gasteiger partial charge in [0.15, 0.2) is 5.54 Å². The number of nitrogens with zero attached hydrogens (tertiary/aromatic N) is 1. The first-order chi connectivity index (χ1) is 17.6. The van der Waals surface area contributed by atoms with Crippen LogP contribution < -0.4 is 15.6 Å². The molecule has 0 bridgehead atoms. The molecule has 1 aliphatic rings. The van der Waals surface area contributed by atoms with Gasteiger partial charge in [-0.05, 0) is 48.7 Å². The summed E-state index contributed by atoms with van der Waals surface area (Å²) in [5.74, 6) is 0.903. The predicted octanol–water partition coefficient (Wildman–Crippen LogP) is 3.46. The van der Waals surface area contributed by atoms with Crippen LogP contribution in [0, 0.1) is 0 Å². The molecule has 0 aromatic heterocycles. The standard InChI is InChI=1S/C29H33N3O4/c1-22-29(21-24-11-6-3-7-12-24,28(34)32-30-18-17-23-9-4-2-5-10-23)31-27(36-22)25-13-15-26(16-14-25)35-20-8-19-33/h2-7,9-16,22,30,33H,8,17-21H2,1H3,(H,32,34)/t22-,29-/m0/s1. The van der Waals surface area contributed by atoms with E-state index in [1.807, 2.05) is 79.7 Å². The Bertz CT molecular complexity index is 1140. The van der Waals surface area contributed by atoms with Crippen molar-refractivity contribution in [2.75, 3.05) is 19.8 Å². The van der Waals surface area contributed by atoms with Crippen LogP contribution in [0.15, 0.2) is 89.9 Å². The molecule has 2 atom stereocenters. The first-order valence-electron chi connectivity index (χ1n) is 12.3. The van der Waals surface area contributed by atoms with E-state index in [0.717, 1.165) is 17.5 Å². The van der Waals surface area contributed by atoms with Crippen molar-refractivity contribution in [3.63, 3.8) is 0 Å². The molecule has 0 saturated heterocycles. The molecule has 0 spiro atoms. The zero-order valence-electron chi connectivity index (χ0n) is 20.5. The Morgan fingerprint density at radius 1 is 1.00 bits per heavy atom. The van der Waals surface area contributed by atoms with Gasteiger partial charge >= 0.3 is 0 Å². The van der Waals surface area contributed by atoms with Crippen molar-refractivity contribution in [3.8, 4) is 5.75 Å². The number of aliphatic hydroxyl groups is 1. The van der Waals surface area contributed by atoms with E-state index >= 15 is 0 Å². The highest BCUT2D eigenvalue weighted by Gasteiger charge is 2.50. The molecule has 0 saturated carbocycles. The molecule has 1 amide bonds. The first-order valence-corrected chi connectivity index (χ1v) is 12.3. The lowest BCUT2D eigenvalue weighted by Crippen LogP contribution is -2.56. The number of hydrogen-bond acceptors (Lipinski definition) is 6. The normalized spacial score (nSPS) is 18.8. The maximum absolute atomic E-state index is 13.6. The number of aliphatic hydroxyl groups excluding tert-OH is 1. The average molecular weight is 488 g/mol. The number of hydrazine groups is 1. The molecule has 7 heteroatoms. The molecule has 3 aromatic rings. The summed E-state index contributed by atoms with van der Waals surface area (Å²) < 4.78 is 11.8. The van der Waals surface area contributed by atoms with Gasteiger partial charge in [-0.3, -0.25) is 10.2 Å². The second-order valence-electron chi connectivity index (χ2n) is 8.83. The molecule has 36 heavy (non-hydrogen) atoms. The number of nitrogens with one attached hydrogen (secondary N) is 2. The van der Waals surface area contributed by atoms with Crippen molar-refractivity contribution in [2.45, 2.75) is 37.8 Å². The van der Waals surface area contributed by atoms with E-state index in [-0.39, 0.29) is 12.5 Å². The van der Waals surface area contributed by atoms with Gasteiger partial charge in [-0.1, -0.05) is 60.7 Å². The van der Waals surface area contributed by atoms with Crippen molar-refractivity contribution < 1.29 is 19.4 Å². The summed E-state index contributed by atoms with van der Waals surface area (Å²) in [6.07, 6.45) is 1.31. The number of amides is 1. The molecule has 7 nitrogen and oxygen atoms in total. The number of hydrogen-bond donors (Lipinski definition) is 3. The van der Waals surface area contributed by atoms with Crippen LogP contribution in [0.5, 0.6) is 5.75 Å². The summed E-state index contributed by atoms with van der Waals surface area (Å²) >= 11 is 0. The molecule has 0 aliphatic carbocycles. The Kier molecular flexibility index (Phi) is 8.71. The quantitative estimate of drug-likeness (QED) is 0.269. The molecule has 3 aromatic carbocycles. The fraction of sp³-hybridized carbons (Fsp3) is 0.310. The van der Waals surface area contributed by atoms with Gasteiger partial charge in [0, 0.05) is 31.6 Å². The number of carbonyl (C=O) groups is 1. The molecule has 1 aliphatic heterocycles. The second kappa shape index (κ2) is 12.3. The van der Waals surface area contributed by atoms with E-state index in [0.29, 0.717) is 37.6 Å². The molecule has 0 unspecified atom stereocenters. The van der Waals surface area contributed by atoms with Gasteiger partial charge in [0.1, 0.15) is 11.9 Å². The topological polar surface area (TPSA) is 92.2 Å². The monoisotopic (exact) mass is 487 g/mol. The highest BCUT2D eigenvalue weighted by Crippen LogP contribution is 2.32. The molecule has 0 fully saturated rings. The molecule has 188 valence electrons. The van der Waals surface area contributed by atoms with Gasteiger partial charge < -0.3 is 14.6 Å². The summed E-state index contributed by atoms with van der Waals surface area (Å²) in [4.78, 5) is 18.4. The molecular formula is C29H33N3O4. The number of carbonyl (C=O) groups excluding carboxylic acids is 1. The minimum Gasteiger partial charge on any atom is -0.494 e. The Labute approximate surface area is 212 Å². The highest BCUT2D eigenvalue weighted by atomic mass is 16.5. The summed E-state index contributed by atoms with van der Waals surface area (Å²) in [6, 6.07) is 27.4. The van der Waals surface area contributed by atoms with Crippen LogP contribution in [0.4, 0.5) is 0 Å². The average Bonchev–Trinajstić information content (AvgIpc) is 3.25. The van der Waals surface area contributed by atoms with Crippen LogP contribution in [0.25, 0.3) is 0 Å². The number of ether oxygens (including phenoxy) is 2. The Balaban J connectivity index is 1.50. The summed E-state index contributed by atoms with van der Waals surface area (Å²) in [6.45, 7) is 3.02. The highest BCUT2D eigenvalue weighted by molar-refractivity contribution is 6.00. The van der Waals surface area contributed by atoms with Gasteiger partial charge in [0.2, 0.25) is 5.90 Å². The Morgan fingerprint density at radius 3 is 2.33 bits per heavy atom. The van der Waals surface area contributed by atoms with Crippen LogP contribution in [-0.2, 0) is 22.4 Å². The van der Waals surface area contributed by atoms with E-state index < -0.39 is 11.6 Å². The van der Waals surface area contributed by atoms with Crippen molar-refractivity contribution >= 4 is 11.8 Å². The fourth-order valence-electron chi connectivity index (χ4n) is 4.15. The zero-order valence-corrected chi connectivity index (χ0v) is 20.5. The van der Waals surface area contributed by atoms with Crippen molar-refractivity contribution in [1.82, 2.24) is 10.9 Å². The minimum atomic E-state index is -1.12. The lowest BCUT2D eigenvalue weighted by atomic mass is 9.86. The van der Waals surface area contributed by atoms with E-state index in [9.17, 15) is 4.79 Å². The minimum absolute atomic E-state index is 0.0906. The van der Waals surface area contributed by atoms with Gasteiger partial charge in [-0.15, -0.1) is 0 Å². The maximum atomic E-state index is 13.6. The second-order valence-corrected chi connectivity index (χ2v) is 8.83. The van der Waals surface area contributed by atoms with E-state index in [1.54, 1.807) is 0 Å². The van der Waals surface area contributed by atoms with Crippen LogP contribution in [0.2, 0.25) is 0 Å². The van der Waals surface area contributed by atoms with Crippen molar-refractivity contribution in [1.29, 1.82) is 0 Å². The molecular weight excluding hydrogens is 454 g/mol. The molecule has 4 rings (SSSR count). The number of rotatable bonds is 12. The van der Waals surface area contributed by atoms with Gasteiger partial charge in [-0.2, -0.15) is 0 Å². The molecule has 1 heterocycles. The summed E-state index contributed by atoms with van der Waals surface area (Å²) in [5, 5.41) is 8.93. The van der Waals surface area contributed by atoms with Gasteiger partial charge in [0.25, 0.3) is 5.91 Å². The van der Waals surface area contributed by atoms with Gasteiger partial charge in [0.05, 0.1) is 6.61 Å². The Hall–Kier alpha value is -3.68. The maximum Gasteiger partial charge on any atom is 0.266 e. The van der Waals surface area contributed by atoms with Crippen LogP contribution in [-0.4, -0.2) is 48.3 Å². The van der Waals surface area contributed by atoms with Crippen LogP contribution in [0.1, 0.15) is 30.0 Å². The molecule has 3 N–H and O–H groups in total. The smallest absolute Gasteiger partial charge is 0.266 e. The fourth-order valence-corrected chi connectivity index (χ4v) is 4.15. The number of aliphatic imine (C=N–C) groups is 1. The van der Waals surface area contributed by atoms with Crippen molar-refractivity contribution in [3.05, 3.63) is 102 Å². The third-order valence-electron chi connectivity index (χ3n) is 6.23. The van der Waals surface area contributed by atoms with Crippen LogP contribution >= 0.6 is 0 Å². The predicted molar refractivity (Wildman–Crippen MR) is 140 cm³/mol. The van der Waals surface area contributed by atoms with Crippen molar-refractivity contribution in [2.24, 2.45) is 4.99 Å². The lowest BCUT2D eigenvalue weighted by Gasteiger charge is -2.28. The van der Waals surface area contributed by atoms with E-state index in [1.165, 1.54) is 5.56 Å². The summed E-state index contributed by atoms with van der Waals surface area (Å²) in [5.41, 5.74) is 7.80. The zero-order chi connectivity index (χ0) is 25.2. The first kappa shape index (κ1) is 25.4. The van der Waals surface area contributed by atoms with Gasteiger partial charge in [-0.25, -0.2) is 10.4 Å².